The number of carbonyl (C=O) groups is 2. The summed E-state index contributed by atoms with van der Waals surface area (Å²) in [6.07, 6.45) is 9.33. The maximum absolute atomic E-state index is 13.4. The molecule has 1 amide bonds. The van der Waals surface area contributed by atoms with Crippen LogP contribution in [-0.4, -0.2) is 27.9 Å². The molecule has 1 heterocycles. The Hall–Kier alpha value is -1.62. The van der Waals surface area contributed by atoms with Gasteiger partial charge in [-0.2, -0.15) is 0 Å². The number of carboxylic acids is 1. The van der Waals surface area contributed by atoms with Gasteiger partial charge in [0, 0.05) is 10.9 Å². The maximum atomic E-state index is 13.4. The van der Waals surface area contributed by atoms with Gasteiger partial charge in [0.1, 0.15) is 0 Å². The molecular weight excluding hydrogens is 322 g/mol. The number of carbonyl (C=O) groups excluding carboxylic acids is 1. The molecule has 0 aromatic carbocycles. The first-order valence-electron chi connectivity index (χ1n) is 8.89. The van der Waals surface area contributed by atoms with E-state index in [2.05, 4.69) is 12.1 Å². The molecule has 4 rings (SSSR count). The fourth-order valence-corrected chi connectivity index (χ4v) is 5.56. The van der Waals surface area contributed by atoms with E-state index in [0.29, 0.717) is 6.54 Å². The molecule has 0 radical (unpaired) electrons. The first-order valence-corrected chi connectivity index (χ1v) is 9.77. The first-order chi connectivity index (χ1) is 11.6. The lowest BCUT2D eigenvalue weighted by atomic mass is 9.81. The molecule has 5 heteroatoms. The zero-order valence-electron chi connectivity index (χ0n) is 13.6. The van der Waals surface area contributed by atoms with E-state index in [1.807, 2.05) is 22.4 Å². The number of hydrogen-bond acceptors (Lipinski definition) is 3. The highest BCUT2D eigenvalue weighted by Crippen LogP contribution is 2.49. The average Bonchev–Trinajstić information content (AvgIpc) is 3.36. The summed E-state index contributed by atoms with van der Waals surface area (Å²) in [7, 11) is 0. The third-order valence-corrected chi connectivity index (χ3v) is 6.85. The van der Waals surface area contributed by atoms with Crippen LogP contribution in [0.15, 0.2) is 29.7 Å². The lowest BCUT2D eigenvalue weighted by molar-refractivity contribution is -0.152. The van der Waals surface area contributed by atoms with Crippen LogP contribution in [0.5, 0.6) is 0 Å². The highest BCUT2D eigenvalue weighted by Gasteiger charge is 2.53. The number of hydrogen-bond donors (Lipinski definition) is 1. The number of fused-ring (bicyclic) bond motifs is 2. The molecule has 128 valence electrons. The van der Waals surface area contributed by atoms with Crippen molar-refractivity contribution >= 4 is 23.2 Å². The van der Waals surface area contributed by atoms with E-state index in [9.17, 15) is 14.7 Å². The summed E-state index contributed by atoms with van der Waals surface area (Å²) in [5, 5.41) is 11.7. The van der Waals surface area contributed by atoms with Gasteiger partial charge < -0.3 is 10.0 Å². The molecule has 1 N–H and O–H groups in total. The van der Waals surface area contributed by atoms with Gasteiger partial charge in [-0.05, 0) is 42.5 Å². The summed E-state index contributed by atoms with van der Waals surface area (Å²) in [5.41, 5.74) is 0. The largest absolute Gasteiger partial charge is 0.481 e. The molecule has 2 fully saturated rings. The van der Waals surface area contributed by atoms with Crippen molar-refractivity contribution in [2.45, 2.75) is 44.7 Å². The normalized spacial score (nSPS) is 31.7. The highest BCUT2D eigenvalue weighted by molar-refractivity contribution is 7.09. The molecule has 24 heavy (non-hydrogen) atoms. The summed E-state index contributed by atoms with van der Waals surface area (Å²) >= 11 is 1.67. The van der Waals surface area contributed by atoms with E-state index in [1.165, 1.54) is 4.88 Å². The zero-order valence-corrected chi connectivity index (χ0v) is 14.5. The summed E-state index contributed by atoms with van der Waals surface area (Å²) in [6.45, 7) is 0.630. The van der Waals surface area contributed by atoms with Crippen LogP contribution in [0.3, 0.4) is 0 Å². The molecule has 1 aromatic rings. The number of nitrogens with zero attached hydrogens (tertiary/aromatic N) is 1. The Kier molecular flexibility index (Phi) is 4.21. The van der Waals surface area contributed by atoms with Crippen molar-refractivity contribution in [3.8, 4) is 0 Å². The van der Waals surface area contributed by atoms with E-state index in [4.69, 9.17) is 0 Å². The highest BCUT2D eigenvalue weighted by atomic mass is 32.1. The van der Waals surface area contributed by atoms with E-state index < -0.39 is 11.9 Å². The van der Waals surface area contributed by atoms with Gasteiger partial charge in [-0.15, -0.1) is 11.3 Å². The monoisotopic (exact) mass is 345 g/mol. The van der Waals surface area contributed by atoms with Crippen molar-refractivity contribution in [1.29, 1.82) is 0 Å². The molecule has 0 saturated heterocycles. The smallest absolute Gasteiger partial charge is 0.307 e. The number of carboxylic acid groups (broad SMARTS) is 1. The van der Waals surface area contributed by atoms with Gasteiger partial charge in [0.15, 0.2) is 0 Å². The predicted molar refractivity (Wildman–Crippen MR) is 92.5 cm³/mol. The van der Waals surface area contributed by atoms with Crippen LogP contribution in [0.25, 0.3) is 0 Å². The van der Waals surface area contributed by atoms with Gasteiger partial charge in [-0.25, -0.2) is 0 Å². The van der Waals surface area contributed by atoms with Gasteiger partial charge in [0.2, 0.25) is 5.91 Å². The van der Waals surface area contributed by atoms with Gasteiger partial charge >= 0.3 is 5.97 Å². The third-order valence-electron chi connectivity index (χ3n) is 5.98. The molecule has 3 aliphatic rings. The molecule has 4 nitrogen and oxygen atoms in total. The lowest BCUT2D eigenvalue weighted by Crippen LogP contribution is -2.46. The molecule has 1 aromatic heterocycles. The molecule has 0 spiro atoms. The second-order valence-electron chi connectivity index (χ2n) is 7.32. The summed E-state index contributed by atoms with van der Waals surface area (Å²) < 4.78 is 0. The minimum atomic E-state index is -0.812. The standard InChI is InChI=1S/C19H23NO3S/c21-18(16-12-7-8-13(10-12)17(16)19(22)23)20(14-4-1-2-5-14)11-15-6-3-9-24-15/h3,6-9,12-14,16-17H,1-2,4-5,10-11H2,(H,22,23). The number of thiophene rings is 1. The molecule has 2 bridgehead atoms. The molecule has 0 aliphatic heterocycles. The van der Waals surface area contributed by atoms with Crippen molar-refractivity contribution in [2.24, 2.45) is 23.7 Å². The quantitative estimate of drug-likeness (QED) is 0.831. The first kappa shape index (κ1) is 15.9. The lowest BCUT2D eigenvalue weighted by Gasteiger charge is -2.34. The molecule has 3 aliphatic carbocycles. The van der Waals surface area contributed by atoms with Gasteiger partial charge in [-0.3, -0.25) is 9.59 Å². The van der Waals surface area contributed by atoms with E-state index in [-0.39, 0.29) is 29.7 Å². The second kappa shape index (κ2) is 6.36. The van der Waals surface area contributed by atoms with Crippen molar-refractivity contribution in [3.63, 3.8) is 0 Å². The Morgan fingerprint density at radius 2 is 1.88 bits per heavy atom. The minimum Gasteiger partial charge on any atom is -0.481 e. The summed E-state index contributed by atoms with van der Waals surface area (Å²) in [5.74, 6) is -1.52. The fraction of sp³-hybridized carbons (Fsp3) is 0.579. The van der Waals surface area contributed by atoms with Crippen LogP contribution >= 0.6 is 11.3 Å². The summed E-state index contributed by atoms with van der Waals surface area (Å²) in [6, 6.07) is 4.35. The Morgan fingerprint density at radius 1 is 1.17 bits per heavy atom. The topological polar surface area (TPSA) is 57.6 Å². The minimum absolute atomic E-state index is 0.0358. The van der Waals surface area contributed by atoms with E-state index in [0.717, 1.165) is 32.1 Å². The van der Waals surface area contributed by atoms with Gasteiger partial charge in [0.25, 0.3) is 0 Å². The zero-order chi connectivity index (χ0) is 16.7. The fourth-order valence-electron chi connectivity index (χ4n) is 4.86. The Bertz CT molecular complexity index is 648. The second-order valence-corrected chi connectivity index (χ2v) is 8.35. The SMILES string of the molecule is O=C(O)C1C2C=CC(C2)C1C(=O)N(Cc1cccs1)C1CCCC1. The molecular formula is C19H23NO3S. The average molecular weight is 345 g/mol. The van der Waals surface area contributed by atoms with E-state index in [1.54, 1.807) is 11.3 Å². The Balaban J connectivity index is 1.60. The van der Waals surface area contributed by atoms with Gasteiger partial charge in [0.05, 0.1) is 18.4 Å². The third kappa shape index (κ3) is 2.69. The van der Waals surface area contributed by atoms with E-state index >= 15 is 0 Å². The van der Waals surface area contributed by atoms with Crippen molar-refractivity contribution in [2.75, 3.05) is 0 Å². The van der Waals surface area contributed by atoms with Gasteiger partial charge in [-0.1, -0.05) is 31.1 Å². The number of aliphatic carboxylic acids is 1. The van der Waals surface area contributed by atoms with Crippen molar-refractivity contribution < 1.29 is 14.7 Å². The van der Waals surface area contributed by atoms with Crippen molar-refractivity contribution in [3.05, 3.63) is 34.5 Å². The van der Waals surface area contributed by atoms with Crippen LogP contribution in [-0.2, 0) is 16.1 Å². The Morgan fingerprint density at radius 3 is 2.50 bits per heavy atom. The predicted octanol–water partition coefficient (Wildman–Crippen LogP) is 3.54. The molecule has 2 saturated carbocycles. The maximum Gasteiger partial charge on any atom is 0.307 e. The van der Waals surface area contributed by atoms with Crippen LogP contribution < -0.4 is 0 Å². The number of amides is 1. The van der Waals surface area contributed by atoms with Crippen molar-refractivity contribution in [1.82, 2.24) is 4.90 Å². The number of allylic oxidation sites excluding steroid dienone is 2. The number of rotatable bonds is 5. The van der Waals surface area contributed by atoms with Crippen LogP contribution in [0, 0.1) is 23.7 Å². The molecule has 4 unspecified atom stereocenters. The Labute approximate surface area is 146 Å². The summed E-state index contributed by atoms with van der Waals surface area (Å²) in [4.78, 5) is 28.4. The van der Waals surface area contributed by atoms with Crippen LogP contribution in [0.1, 0.15) is 37.0 Å². The van der Waals surface area contributed by atoms with Crippen LogP contribution in [0.2, 0.25) is 0 Å². The van der Waals surface area contributed by atoms with Crippen LogP contribution in [0.4, 0.5) is 0 Å². The molecule has 4 atom stereocenters.